The highest BCUT2D eigenvalue weighted by Gasteiger charge is 2.21. The van der Waals surface area contributed by atoms with Gasteiger partial charge in [0.2, 0.25) is 0 Å². The van der Waals surface area contributed by atoms with E-state index in [0.717, 1.165) is 18.6 Å². The molecule has 1 aliphatic heterocycles. The Morgan fingerprint density at radius 3 is 3.06 bits per heavy atom. The zero-order valence-electron chi connectivity index (χ0n) is 9.99. The molecule has 3 N–H and O–H groups in total. The average Bonchev–Trinajstić information content (AvgIpc) is 2.71. The van der Waals surface area contributed by atoms with E-state index in [0.29, 0.717) is 12.6 Å². The summed E-state index contributed by atoms with van der Waals surface area (Å²) in [6.07, 6.45) is 2.22. The zero-order valence-corrected chi connectivity index (χ0v) is 9.99. The van der Waals surface area contributed by atoms with E-state index in [2.05, 4.69) is 31.3 Å². The largest absolute Gasteiger partial charge is 0.488 e. The van der Waals surface area contributed by atoms with Crippen LogP contribution in [-0.2, 0) is 6.42 Å². The molecule has 0 saturated carbocycles. The first kappa shape index (κ1) is 11.3. The maximum atomic E-state index is 5.69. The molecule has 88 valence electrons. The predicted molar refractivity (Wildman–Crippen MR) is 67.0 cm³/mol. The van der Waals surface area contributed by atoms with Gasteiger partial charge in [-0.1, -0.05) is 6.92 Å². The lowest BCUT2D eigenvalue weighted by molar-refractivity contribution is 0.241. The fourth-order valence-corrected chi connectivity index (χ4v) is 1.93. The summed E-state index contributed by atoms with van der Waals surface area (Å²) in [5.41, 5.74) is 8.06. The number of anilines is 1. The average molecular weight is 220 g/mol. The van der Waals surface area contributed by atoms with Crippen molar-refractivity contribution in [2.24, 2.45) is 5.73 Å². The van der Waals surface area contributed by atoms with Gasteiger partial charge in [0.25, 0.3) is 0 Å². The fraction of sp³-hybridized carbons (Fsp3) is 0.538. The lowest BCUT2D eigenvalue weighted by Gasteiger charge is -2.13. The molecule has 0 radical (unpaired) electrons. The van der Waals surface area contributed by atoms with Crippen LogP contribution in [0.15, 0.2) is 18.2 Å². The minimum atomic E-state index is 0.161. The van der Waals surface area contributed by atoms with Crippen molar-refractivity contribution in [2.75, 3.05) is 11.9 Å². The third kappa shape index (κ3) is 2.30. The molecule has 2 rings (SSSR count). The first-order valence-corrected chi connectivity index (χ1v) is 5.99. The topological polar surface area (TPSA) is 47.3 Å². The van der Waals surface area contributed by atoms with Crippen LogP contribution in [0.2, 0.25) is 0 Å². The summed E-state index contributed by atoms with van der Waals surface area (Å²) in [7, 11) is 0. The van der Waals surface area contributed by atoms with Crippen molar-refractivity contribution in [3.63, 3.8) is 0 Å². The Morgan fingerprint density at radius 2 is 2.38 bits per heavy atom. The van der Waals surface area contributed by atoms with Crippen LogP contribution < -0.4 is 15.8 Å². The van der Waals surface area contributed by atoms with E-state index in [4.69, 9.17) is 10.5 Å². The van der Waals surface area contributed by atoms with Gasteiger partial charge in [-0.25, -0.2) is 0 Å². The molecule has 2 atom stereocenters. The maximum absolute atomic E-state index is 5.69. The number of nitrogens with one attached hydrogen (secondary N) is 1. The van der Waals surface area contributed by atoms with Gasteiger partial charge in [-0.2, -0.15) is 0 Å². The first-order chi connectivity index (χ1) is 7.72. The second-order valence-electron chi connectivity index (χ2n) is 4.46. The summed E-state index contributed by atoms with van der Waals surface area (Å²) in [4.78, 5) is 0. The second kappa shape index (κ2) is 4.74. The Balaban J connectivity index is 2.10. The standard InChI is InChI=1S/C13H20N2O/c1-3-9(2)15-11-4-5-13-10(6-11)7-12(8-14)16-13/h4-6,9,12,15H,3,7-8,14H2,1-2H3. The highest BCUT2D eigenvalue weighted by atomic mass is 16.5. The highest BCUT2D eigenvalue weighted by Crippen LogP contribution is 2.31. The summed E-state index contributed by atoms with van der Waals surface area (Å²) in [6, 6.07) is 6.79. The van der Waals surface area contributed by atoms with E-state index in [9.17, 15) is 0 Å². The second-order valence-corrected chi connectivity index (χ2v) is 4.46. The van der Waals surface area contributed by atoms with Gasteiger partial charge in [-0.3, -0.25) is 0 Å². The van der Waals surface area contributed by atoms with Crippen molar-refractivity contribution >= 4 is 5.69 Å². The van der Waals surface area contributed by atoms with Gasteiger partial charge in [0.15, 0.2) is 0 Å². The lowest BCUT2D eigenvalue weighted by Crippen LogP contribution is -2.24. The van der Waals surface area contributed by atoms with Gasteiger partial charge in [0.05, 0.1) is 0 Å². The molecule has 1 heterocycles. The zero-order chi connectivity index (χ0) is 11.5. The monoisotopic (exact) mass is 220 g/mol. The minimum Gasteiger partial charge on any atom is -0.488 e. The third-order valence-corrected chi connectivity index (χ3v) is 3.09. The van der Waals surface area contributed by atoms with E-state index in [1.807, 2.05) is 6.07 Å². The number of nitrogens with two attached hydrogens (primary N) is 1. The molecule has 0 spiro atoms. The van der Waals surface area contributed by atoms with Crippen LogP contribution in [0.5, 0.6) is 5.75 Å². The van der Waals surface area contributed by atoms with Crippen molar-refractivity contribution in [1.29, 1.82) is 0 Å². The molecule has 0 aromatic heterocycles. The van der Waals surface area contributed by atoms with Crippen LogP contribution in [0.1, 0.15) is 25.8 Å². The first-order valence-electron chi connectivity index (χ1n) is 5.99. The molecule has 3 heteroatoms. The van der Waals surface area contributed by atoms with E-state index >= 15 is 0 Å². The quantitative estimate of drug-likeness (QED) is 0.817. The number of rotatable bonds is 4. The van der Waals surface area contributed by atoms with Crippen LogP contribution in [0.25, 0.3) is 0 Å². The van der Waals surface area contributed by atoms with Crippen LogP contribution in [0, 0.1) is 0 Å². The number of benzene rings is 1. The summed E-state index contributed by atoms with van der Waals surface area (Å²) in [5, 5.41) is 3.47. The van der Waals surface area contributed by atoms with E-state index in [1.165, 1.54) is 11.3 Å². The third-order valence-electron chi connectivity index (χ3n) is 3.09. The Kier molecular flexibility index (Phi) is 3.34. The van der Waals surface area contributed by atoms with Crippen molar-refractivity contribution in [2.45, 2.75) is 38.8 Å². The summed E-state index contributed by atoms with van der Waals surface area (Å²) in [5.74, 6) is 0.991. The molecular weight excluding hydrogens is 200 g/mol. The van der Waals surface area contributed by atoms with Crippen molar-refractivity contribution in [3.05, 3.63) is 23.8 Å². The number of ether oxygens (including phenoxy) is 1. The SMILES string of the molecule is CCC(C)Nc1ccc2c(c1)CC(CN)O2. The molecular formula is C13H20N2O. The van der Waals surface area contributed by atoms with Gasteiger partial charge in [0.1, 0.15) is 11.9 Å². The molecule has 0 aliphatic carbocycles. The lowest BCUT2D eigenvalue weighted by atomic mass is 10.1. The summed E-state index contributed by atoms with van der Waals surface area (Å²) < 4.78 is 5.69. The fourth-order valence-electron chi connectivity index (χ4n) is 1.93. The van der Waals surface area contributed by atoms with Crippen molar-refractivity contribution < 1.29 is 4.74 Å². The van der Waals surface area contributed by atoms with E-state index in [-0.39, 0.29) is 6.10 Å². The van der Waals surface area contributed by atoms with Crippen LogP contribution >= 0.6 is 0 Å². The van der Waals surface area contributed by atoms with Crippen LogP contribution in [0.4, 0.5) is 5.69 Å². The van der Waals surface area contributed by atoms with Crippen LogP contribution in [-0.4, -0.2) is 18.7 Å². The predicted octanol–water partition coefficient (Wildman–Crippen LogP) is 2.16. The van der Waals surface area contributed by atoms with E-state index < -0.39 is 0 Å². The molecule has 1 aliphatic rings. The highest BCUT2D eigenvalue weighted by molar-refractivity contribution is 5.53. The normalized spacial score (nSPS) is 20.1. The maximum Gasteiger partial charge on any atom is 0.123 e. The number of fused-ring (bicyclic) bond motifs is 1. The molecule has 2 unspecified atom stereocenters. The molecule has 1 aromatic rings. The van der Waals surface area contributed by atoms with Gasteiger partial charge < -0.3 is 15.8 Å². The Bertz CT molecular complexity index is 365. The van der Waals surface area contributed by atoms with Gasteiger partial charge in [0, 0.05) is 24.7 Å². The summed E-state index contributed by atoms with van der Waals surface area (Å²) in [6.45, 7) is 4.95. The van der Waals surface area contributed by atoms with Crippen molar-refractivity contribution in [1.82, 2.24) is 0 Å². The molecule has 0 amide bonds. The summed E-state index contributed by atoms with van der Waals surface area (Å²) >= 11 is 0. The molecule has 0 saturated heterocycles. The van der Waals surface area contributed by atoms with Crippen LogP contribution in [0.3, 0.4) is 0 Å². The minimum absolute atomic E-state index is 0.161. The Labute approximate surface area is 97.0 Å². The van der Waals surface area contributed by atoms with Gasteiger partial charge >= 0.3 is 0 Å². The Morgan fingerprint density at radius 1 is 1.56 bits per heavy atom. The molecule has 0 fully saturated rings. The van der Waals surface area contributed by atoms with Gasteiger partial charge in [-0.15, -0.1) is 0 Å². The smallest absolute Gasteiger partial charge is 0.123 e. The van der Waals surface area contributed by atoms with Gasteiger partial charge in [-0.05, 0) is 37.1 Å². The number of hydrogen-bond acceptors (Lipinski definition) is 3. The molecule has 1 aromatic carbocycles. The van der Waals surface area contributed by atoms with Crippen molar-refractivity contribution in [3.8, 4) is 5.75 Å². The van der Waals surface area contributed by atoms with E-state index in [1.54, 1.807) is 0 Å². The molecule has 0 bridgehead atoms. The molecule has 3 nitrogen and oxygen atoms in total. The molecule has 16 heavy (non-hydrogen) atoms. The number of hydrogen-bond donors (Lipinski definition) is 2. The Hall–Kier alpha value is -1.22.